The van der Waals surface area contributed by atoms with Gasteiger partial charge in [-0.3, -0.25) is 4.90 Å². The van der Waals surface area contributed by atoms with Gasteiger partial charge >= 0.3 is 6.09 Å². The van der Waals surface area contributed by atoms with E-state index in [0.29, 0.717) is 5.75 Å². The Hall–Kier alpha value is -2.80. The van der Waals surface area contributed by atoms with Crippen molar-refractivity contribution in [2.75, 3.05) is 19.8 Å². The summed E-state index contributed by atoms with van der Waals surface area (Å²) in [7, 11) is 3.58. The summed E-state index contributed by atoms with van der Waals surface area (Å²) in [5.74, 6) is 0.442. The molecule has 2 unspecified atom stereocenters. The highest BCUT2D eigenvalue weighted by Crippen LogP contribution is 2.48. The SMILES string of the molecule is CN(C)C(O)C(CSC(c1ccccc1)(c1ccccc1)c1ccccc1)NC(=O)OC(C)(C)C. The van der Waals surface area contributed by atoms with Crippen molar-refractivity contribution in [3.05, 3.63) is 108 Å². The summed E-state index contributed by atoms with van der Waals surface area (Å²) in [5.41, 5.74) is 2.74. The molecule has 3 aromatic carbocycles. The third kappa shape index (κ3) is 6.88. The molecule has 2 N–H and O–H groups in total. The summed E-state index contributed by atoms with van der Waals surface area (Å²) in [6, 6.07) is 30.5. The quantitative estimate of drug-likeness (QED) is 0.306. The predicted molar refractivity (Wildman–Crippen MR) is 145 cm³/mol. The minimum Gasteiger partial charge on any atom is -0.444 e. The van der Waals surface area contributed by atoms with Gasteiger partial charge in [0.05, 0.1) is 10.8 Å². The van der Waals surface area contributed by atoms with Crippen molar-refractivity contribution in [1.29, 1.82) is 0 Å². The van der Waals surface area contributed by atoms with Gasteiger partial charge in [0.1, 0.15) is 11.8 Å². The summed E-state index contributed by atoms with van der Waals surface area (Å²) in [6.07, 6.45) is -1.44. The highest BCUT2D eigenvalue weighted by molar-refractivity contribution is 8.00. The molecule has 0 saturated carbocycles. The Morgan fingerprint density at radius 3 is 1.60 bits per heavy atom. The molecular formula is C29H36N2O3S. The molecule has 0 saturated heterocycles. The number of hydrogen-bond donors (Lipinski definition) is 2. The molecule has 0 aromatic heterocycles. The molecule has 0 spiro atoms. The second-order valence-corrected chi connectivity index (χ2v) is 11.0. The van der Waals surface area contributed by atoms with E-state index in [0.717, 1.165) is 16.7 Å². The molecule has 0 bridgehead atoms. The molecule has 186 valence electrons. The van der Waals surface area contributed by atoms with Crippen LogP contribution in [-0.2, 0) is 9.48 Å². The Bertz CT molecular complexity index is 957. The van der Waals surface area contributed by atoms with Gasteiger partial charge in [0.25, 0.3) is 0 Å². The molecule has 5 nitrogen and oxygen atoms in total. The van der Waals surface area contributed by atoms with Crippen LogP contribution in [0.15, 0.2) is 91.0 Å². The van der Waals surface area contributed by atoms with Crippen molar-refractivity contribution in [2.24, 2.45) is 0 Å². The van der Waals surface area contributed by atoms with E-state index in [1.165, 1.54) is 0 Å². The molecule has 0 aliphatic rings. The second kappa shape index (κ2) is 11.8. The molecule has 2 atom stereocenters. The lowest BCUT2D eigenvalue weighted by Crippen LogP contribution is -2.52. The number of carbonyl (C=O) groups is 1. The fourth-order valence-electron chi connectivity index (χ4n) is 4.00. The van der Waals surface area contributed by atoms with Crippen LogP contribution < -0.4 is 5.32 Å². The first-order chi connectivity index (χ1) is 16.6. The van der Waals surface area contributed by atoms with E-state index < -0.39 is 28.7 Å². The molecular weight excluding hydrogens is 456 g/mol. The lowest BCUT2D eigenvalue weighted by atomic mass is 9.84. The third-order valence-electron chi connectivity index (χ3n) is 5.61. The first-order valence-corrected chi connectivity index (χ1v) is 12.8. The van der Waals surface area contributed by atoms with E-state index in [1.54, 1.807) is 30.8 Å². The Balaban J connectivity index is 2.05. The molecule has 1 amide bonds. The van der Waals surface area contributed by atoms with Gasteiger partial charge in [-0.05, 0) is 51.6 Å². The second-order valence-electron chi connectivity index (χ2n) is 9.72. The average molecular weight is 493 g/mol. The molecule has 0 aliphatic carbocycles. The number of rotatable bonds is 9. The summed E-state index contributed by atoms with van der Waals surface area (Å²) >= 11 is 1.69. The molecule has 0 aliphatic heterocycles. The first kappa shape index (κ1) is 26.8. The van der Waals surface area contributed by atoms with Crippen molar-refractivity contribution in [1.82, 2.24) is 10.2 Å². The zero-order chi connectivity index (χ0) is 25.5. The third-order valence-corrected chi connectivity index (χ3v) is 7.28. The number of benzene rings is 3. The van der Waals surface area contributed by atoms with Crippen LogP contribution in [0, 0.1) is 0 Å². The van der Waals surface area contributed by atoms with Gasteiger partial charge in [-0.25, -0.2) is 4.79 Å². The van der Waals surface area contributed by atoms with Crippen molar-refractivity contribution < 1.29 is 14.6 Å². The number of nitrogens with zero attached hydrogens (tertiary/aromatic N) is 1. The van der Waals surface area contributed by atoms with Gasteiger partial charge in [0, 0.05) is 5.75 Å². The molecule has 6 heteroatoms. The Labute approximate surface area is 213 Å². The summed E-state index contributed by atoms with van der Waals surface area (Å²) in [4.78, 5) is 14.4. The number of nitrogens with one attached hydrogen (secondary N) is 1. The van der Waals surface area contributed by atoms with Crippen molar-refractivity contribution in [2.45, 2.75) is 43.4 Å². The highest BCUT2D eigenvalue weighted by Gasteiger charge is 2.39. The minimum atomic E-state index is -0.893. The lowest BCUT2D eigenvalue weighted by Gasteiger charge is -2.38. The number of aliphatic hydroxyl groups excluding tert-OH is 1. The molecule has 3 aromatic rings. The maximum absolute atomic E-state index is 12.7. The van der Waals surface area contributed by atoms with Crippen LogP contribution in [0.1, 0.15) is 37.5 Å². The van der Waals surface area contributed by atoms with E-state index in [1.807, 2.05) is 75.4 Å². The minimum absolute atomic E-state index is 0.442. The summed E-state index contributed by atoms with van der Waals surface area (Å²) in [6.45, 7) is 5.47. The number of likely N-dealkylation sites (N-methyl/N-ethyl adjacent to an activating group) is 1. The van der Waals surface area contributed by atoms with Crippen molar-refractivity contribution in [3.8, 4) is 0 Å². The fourth-order valence-corrected chi connectivity index (χ4v) is 5.60. The van der Waals surface area contributed by atoms with E-state index in [4.69, 9.17) is 4.74 Å². The zero-order valence-corrected chi connectivity index (χ0v) is 22.0. The van der Waals surface area contributed by atoms with Gasteiger partial charge in [-0.1, -0.05) is 91.0 Å². The maximum atomic E-state index is 12.7. The molecule has 0 radical (unpaired) electrons. The van der Waals surface area contributed by atoms with Gasteiger partial charge in [-0.15, -0.1) is 11.8 Å². The number of alkyl carbamates (subject to hydrolysis) is 1. The van der Waals surface area contributed by atoms with Gasteiger partial charge < -0.3 is 15.2 Å². The Kier molecular flexibility index (Phi) is 9.00. The van der Waals surface area contributed by atoms with E-state index in [2.05, 4.69) is 41.7 Å². The average Bonchev–Trinajstić information content (AvgIpc) is 2.84. The number of thioether (sulfide) groups is 1. The monoisotopic (exact) mass is 492 g/mol. The van der Waals surface area contributed by atoms with Crippen LogP contribution in [0.3, 0.4) is 0 Å². The number of ether oxygens (including phenoxy) is 1. The standard InChI is InChI=1S/C29H36N2O3S/c1-28(2,3)34-27(33)30-25(26(32)31(4)5)21-35-29(22-15-9-6-10-16-22,23-17-11-7-12-18-23)24-19-13-8-14-20-24/h6-20,25-26,32H,21H2,1-5H3,(H,30,33). The Morgan fingerprint density at radius 2 is 1.26 bits per heavy atom. The van der Waals surface area contributed by atoms with Crippen molar-refractivity contribution >= 4 is 17.9 Å². The van der Waals surface area contributed by atoms with Crippen LogP contribution in [-0.4, -0.2) is 53.8 Å². The number of aliphatic hydroxyl groups is 1. The zero-order valence-electron chi connectivity index (χ0n) is 21.1. The van der Waals surface area contributed by atoms with Crippen LogP contribution in [0.2, 0.25) is 0 Å². The smallest absolute Gasteiger partial charge is 0.408 e. The van der Waals surface area contributed by atoms with E-state index in [9.17, 15) is 9.90 Å². The fraction of sp³-hybridized carbons (Fsp3) is 0.345. The lowest BCUT2D eigenvalue weighted by molar-refractivity contribution is 0.00418. The maximum Gasteiger partial charge on any atom is 0.408 e. The van der Waals surface area contributed by atoms with Gasteiger partial charge in [0.15, 0.2) is 0 Å². The topological polar surface area (TPSA) is 61.8 Å². The molecule has 0 fully saturated rings. The van der Waals surface area contributed by atoms with E-state index >= 15 is 0 Å². The van der Waals surface area contributed by atoms with Crippen molar-refractivity contribution in [3.63, 3.8) is 0 Å². The van der Waals surface area contributed by atoms with Gasteiger partial charge in [-0.2, -0.15) is 0 Å². The molecule has 3 rings (SSSR count). The highest BCUT2D eigenvalue weighted by atomic mass is 32.2. The summed E-state index contributed by atoms with van der Waals surface area (Å²) in [5, 5.41) is 13.9. The largest absolute Gasteiger partial charge is 0.444 e. The van der Waals surface area contributed by atoms with Crippen LogP contribution in [0.5, 0.6) is 0 Å². The Morgan fingerprint density at radius 1 is 0.857 bits per heavy atom. The molecule has 35 heavy (non-hydrogen) atoms. The van der Waals surface area contributed by atoms with Crippen LogP contribution in [0.25, 0.3) is 0 Å². The summed E-state index contributed by atoms with van der Waals surface area (Å²) < 4.78 is 4.94. The number of hydrogen-bond acceptors (Lipinski definition) is 5. The molecule has 0 heterocycles. The number of amides is 1. The van der Waals surface area contributed by atoms with E-state index in [-0.39, 0.29) is 0 Å². The normalized spacial score (nSPS) is 13.8. The number of carbonyl (C=O) groups excluding carboxylic acids is 1. The van der Waals surface area contributed by atoms with Gasteiger partial charge in [0.2, 0.25) is 0 Å². The van der Waals surface area contributed by atoms with Crippen LogP contribution in [0.4, 0.5) is 4.79 Å². The predicted octanol–water partition coefficient (Wildman–Crippen LogP) is 5.49. The van der Waals surface area contributed by atoms with Crippen LogP contribution >= 0.6 is 11.8 Å². The first-order valence-electron chi connectivity index (χ1n) is 11.8.